The molecular weight excluding hydrogens is 224 g/mol. The summed E-state index contributed by atoms with van der Waals surface area (Å²) in [5.74, 6) is 2.25. The fourth-order valence-electron chi connectivity index (χ4n) is 3.38. The molecule has 2 N–H and O–H groups in total. The van der Waals surface area contributed by atoms with Gasteiger partial charge in [0.2, 0.25) is 5.91 Å². The van der Waals surface area contributed by atoms with Gasteiger partial charge in [-0.25, -0.2) is 0 Å². The van der Waals surface area contributed by atoms with Crippen molar-refractivity contribution in [2.45, 2.75) is 65.0 Å². The van der Waals surface area contributed by atoms with Gasteiger partial charge in [-0.05, 0) is 43.6 Å². The van der Waals surface area contributed by atoms with Crippen molar-refractivity contribution in [1.29, 1.82) is 0 Å². The highest BCUT2D eigenvalue weighted by atomic mass is 16.2. The van der Waals surface area contributed by atoms with Gasteiger partial charge in [-0.2, -0.15) is 0 Å². The Morgan fingerprint density at radius 3 is 2.67 bits per heavy atom. The molecule has 1 aliphatic heterocycles. The smallest absolute Gasteiger partial charge is 0.237 e. The van der Waals surface area contributed by atoms with Crippen molar-refractivity contribution in [2.24, 2.45) is 17.8 Å². The number of hydrogen-bond acceptors (Lipinski definition) is 2. The topological polar surface area (TPSA) is 41.1 Å². The van der Waals surface area contributed by atoms with E-state index in [1.54, 1.807) is 0 Å². The quantitative estimate of drug-likeness (QED) is 0.792. The molecule has 1 heterocycles. The minimum atomic E-state index is 0.0400. The van der Waals surface area contributed by atoms with Crippen LogP contribution in [0.15, 0.2) is 0 Å². The number of carbonyl (C=O) groups excluding carboxylic acids is 1. The molecular formula is C15H28N2O. The molecule has 2 aliphatic rings. The summed E-state index contributed by atoms with van der Waals surface area (Å²) >= 11 is 0. The monoisotopic (exact) mass is 252 g/mol. The fourth-order valence-corrected chi connectivity index (χ4v) is 3.38. The Bertz CT molecular complexity index is 292. The molecule has 0 aromatic heterocycles. The molecule has 3 heteroatoms. The molecule has 0 radical (unpaired) electrons. The molecule has 0 spiro atoms. The van der Waals surface area contributed by atoms with E-state index in [9.17, 15) is 4.79 Å². The molecule has 104 valence electrons. The van der Waals surface area contributed by atoms with E-state index in [0.717, 1.165) is 25.3 Å². The van der Waals surface area contributed by atoms with Gasteiger partial charge >= 0.3 is 0 Å². The van der Waals surface area contributed by atoms with Crippen molar-refractivity contribution < 1.29 is 4.79 Å². The Hall–Kier alpha value is -0.570. The molecule has 1 aliphatic carbocycles. The van der Waals surface area contributed by atoms with Gasteiger partial charge < -0.3 is 10.6 Å². The average molecular weight is 252 g/mol. The first-order chi connectivity index (χ1) is 8.58. The Morgan fingerprint density at radius 2 is 1.94 bits per heavy atom. The second kappa shape index (κ2) is 6.05. The summed E-state index contributed by atoms with van der Waals surface area (Å²) in [5, 5.41) is 6.64. The summed E-state index contributed by atoms with van der Waals surface area (Å²) in [6.45, 7) is 7.82. The van der Waals surface area contributed by atoms with Crippen LogP contribution in [-0.2, 0) is 4.79 Å². The molecule has 1 saturated heterocycles. The van der Waals surface area contributed by atoms with Crippen LogP contribution in [0.4, 0.5) is 0 Å². The second-order valence-corrected chi connectivity index (χ2v) is 6.52. The minimum Gasteiger partial charge on any atom is -0.352 e. The summed E-state index contributed by atoms with van der Waals surface area (Å²) < 4.78 is 0. The maximum absolute atomic E-state index is 12.3. The predicted octanol–water partition coefficient (Wildman–Crippen LogP) is 2.32. The first-order valence-electron chi connectivity index (χ1n) is 7.61. The maximum atomic E-state index is 12.3. The van der Waals surface area contributed by atoms with Crippen LogP contribution in [0.5, 0.6) is 0 Å². The molecule has 1 saturated carbocycles. The average Bonchev–Trinajstić information content (AvgIpc) is 2.35. The Labute approximate surface area is 111 Å². The molecule has 0 aromatic carbocycles. The third-order valence-electron chi connectivity index (χ3n) is 5.02. The third-order valence-corrected chi connectivity index (χ3v) is 5.02. The van der Waals surface area contributed by atoms with E-state index in [2.05, 4.69) is 31.4 Å². The van der Waals surface area contributed by atoms with E-state index in [0.29, 0.717) is 17.9 Å². The first kappa shape index (κ1) is 13.9. The van der Waals surface area contributed by atoms with Crippen LogP contribution >= 0.6 is 0 Å². The lowest BCUT2D eigenvalue weighted by Gasteiger charge is -2.36. The van der Waals surface area contributed by atoms with E-state index in [4.69, 9.17) is 0 Å². The Morgan fingerprint density at radius 1 is 1.17 bits per heavy atom. The zero-order valence-corrected chi connectivity index (χ0v) is 12.0. The van der Waals surface area contributed by atoms with Crippen molar-refractivity contribution in [1.82, 2.24) is 10.6 Å². The van der Waals surface area contributed by atoms with Gasteiger partial charge in [0.1, 0.15) is 0 Å². The Balaban J connectivity index is 1.86. The second-order valence-electron chi connectivity index (χ2n) is 6.52. The van der Waals surface area contributed by atoms with E-state index in [1.807, 2.05) is 0 Å². The van der Waals surface area contributed by atoms with Gasteiger partial charge in [-0.1, -0.05) is 33.6 Å². The number of nitrogens with one attached hydrogen (secondary N) is 2. The van der Waals surface area contributed by atoms with Crippen LogP contribution in [0.2, 0.25) is 0 Å². The van der Waals surface area contributed by atoms with E-state index < -0.39 is 0 Å². The van der Waals surface area contributed by atoms with Crippen molar-refractivity contribution in [2.75, 3.05) is 6.54 Å². The largest absolute Gasteiger partial charge is 0.352 e. The number of carbonyl (C=O) groups is 1. The van der Waals surface area contributed by atoms with Gasteiger partial charge in [-0.15, -0.1) is 0 Å². The van der Waals surface area contributed by atoms with E-state index in [1.165, 1.54) is 19.3 Å². The van der Waals surface area contributed by atoms with Gasteiger partial charge in [0.05, 0.1) is 6.04 Å². The summed E-state index contributed by atoms with van der Waals surface area (Å²) in [6, 6.07) is 0.429. The van der Waals surface area contributed by atoms with Crippen LogP contribution in [0.1, 0.15) is 52.9 Å². The van der Waals surface area contributed by atoms with Crippen LogP contribution < -0.4 is 10.6 Å². The molecule has 5 unspecified atom stereocenters. The zero-order valence-electron chi connectivity index (χ0n) is 12.0. The Kier molecular flexibility index (Phi) is 4.66. The van der Waals surface area contributed by atoms with Crippen molar-refractivity contribution in [3.05, 3.63) is 0 Å². The normalized spacial score (nSPS) is 41.4. The third kappa shape index (κ3) is 3.25. The van der Waals surface area contributed by atoms with Crippen LogP contribution in [0.25, 0.3) is 0 Å². The highest BCUT2D eigenvalue weighted by Crippen LogP contribution is 2.29. The van der Waals surface area contributed by atoms with E-state index >= 15 is 0 Å². The lowest BCUT2D eigenvalue weighted by atomic mass is 9.78. The molecule has 2 fully saturated rings. The number of piperidine rings is 1. The van der Waals surface area contributed by atoms with Gasteiger partial charge in [0.15, 0.2) is 0 Å². The van der Waals surface area contributed by atoms with Gasteiger partial charge in [0.25, 0.3) is 0 Å². The summed E-state index contributed by atoms with van der Waals surface area (Å²) in [4.78, 5) is 12.3. The van der Waals surface area contributed by atoms with Crippen molar-refractivity contribution in [3.8, 4) is 0 Å². The maximum Gasteiger partial charge on any atom is 0.237 e. The summed E-state index contributed by atoms with van der Waals surface area (Å²) in [6.07, 6.45) is 5.90. The molecule has 2 rings (SSSR count). The van der Waals surface area contributed by atoms with Crippen molar-refractivity contribution in [3.63, 3.8) is 0 Å². The van der Waals surface area contributed by atoms with Crippen LogP contribution in [0, 0.1) is 17.8 Å². The number of hydrogen-bond donors (Lipinski definition) is 2. The molecule has 1 amide bonds. The molecule has 18 heavy (non-hydrogen) atoms. The molecule has 0 aromatic rings. The minimum absolute atomic E-state index is 0.0400. The lowest BCUT2D eigenvalue weighted by molar-refractivity contribution is -0.125. The first-order valence-corrected chi connectivity index (χ1v) is 7.61. The standard InChI is InChI=1S/C15H28N2O/c1-10-7-8-16-14(9-10)15(18)17-13-6-4-5-11(2)12(13)3/h10-14,16H,4-9H2,1-3H3,(H,17,18). The van der Waals surface area contributed by atoms with E-state index in [-0.39, 0.29) is 11.9 Å². The number of amides is 1. The summed E-state index contributed by atoms with van der Waals surface area (Å²) in [7, 11) is 0. The van der Waals surface area contributed by atoms with Crippen LogP contribution in [-0.4, -0.2) is 24.5 Å². The van der Waals surface area contributed by atoms with Crippen molar-refractivity contribution >= 4 is 5.91 Å². The van der Waals surface area contributed by atoms with Gasteiger partial charge in [0, 0.05) is 6.04 Å². The molecule has 5 atom stereocenters. The number of rotatable bonds is 2. The lowest BCUT2D eigenvalue weighted by Crippen LogP contribution is -2.53. The van der Waals surface area contributed by atoms with Gasteiger partial charge in [-0.3, -0.25) is 4.79 Å². The fraction of sp³-hybridized carbons (Fsp3) is 0.933. The highest BCUT2D eigenvalue weighted by molar-refractivity contribution is 5.82. The zero-order chi connectivity index (χ0) is 13.1. The van der Waals surface area contributed by atoms with Crippen LogP contribution in [0.3, 0.4) is 0 Å². The molecule has 0 bridgehead atoms. The summed E-state index contributed by atoms with van der Waals surface area (Å²) in [5.41, 5.74) is 0. The SMILES string of the molecule is CC1CCNC(C(=O)NC2CCCC(C)C2C)C1. The highest BCUT2D eigenvalue weighted by Gasteiger charge is 2.31. The predicted molar refractivity (Wildman–Crippen MR) is 74.3 cm³/mol. The molecule has 3 nitrogen and oxygen atoms in total.